The van der Waals surface area contributed by atoms with Gasteiger partial charge in [0.15, 0.2) is 34.9 Å². The number of amides is 1. The molecule has 13 nitrogen and oxygen atoms in total. The van der Waals surface area contributed by atoms with Crippen molar-refractivity contribution >= 4 is 74.0 Å². The molecule has 3 aromatic heterocycles. The molecule has 0 radical (unpaired) electrons. The minimum atomic E-state index is -1.44. The maximum absolute atomic E-state index is 12.0. The van der Waals surface area contributed by atoms with Crippen molar-refractivity contribution < 1.29 is 29.0 Å². The van der Waals surface area contributed by atoms with E-state index in [4.69, 9.17) is 20.8 Å². The lowest BCUT2D eigenvalue weighted by Gasteiger charge is -2.16. The summed E-state index contributed by atoms with van der Waals surface area (Å²) in [6, 6.07) is 3.68. The molecule has 1 aliphatic rings. The number of aliphatic hydroxyl groups is 2. The van der Waals surface area contributed by atoms with Crippen LogP contribution in [0.25, 0.3) is 22.3 Å². The van der Waals surface area contributed by atoms with Crippen molar-refractivity contribution in [2.24, 2.45) is 0 Å². The topological polar surface area (TPSA) is 178 Å². The van der Waals surface area contributed by atoms with Gasteiger partial charge < -0.3 is 30.0 Å². The van der Waals surface area contributed by atoms with E-state index >= 15 is 0 Å². The van der Waals surface area contributed by atoms with Crippen molar-refractivity contribution in [2.45, 2.75) is 38.0 Å². The van der Waals surface area contributed by atoms with Crippen LogP contribution >= 0.6 is 34.2 Å². The highest BCUT2D eigenvalue weighted by atomic mass is 127. The number of oxazole rings is 1. The Balaban J connectivity index is 1.44. The van der Waals surface area contributed by atoms with Gasteiger partial charge in [0.05, 0.1) is 9.90 Å². The summed E-state index contributed by atoms with van der Waals surface area (Å²) in [5, 5.41) is 26.3. The van der Waals surface area contributed by atoms with Gasteiger partial charge in [-0.3, -0.25) is 14.2 Å². The van der Waals surface area contributed by atoms with Gasteiger partial charge >= 0.3 is 0 Å². The molecule has 0 aliphatic carbocycles. The van der Waals surface area contributed by atoms with Crippen LogP contribution in [0.15, 0.2) is 22.9 Å². The fourth-order valence-corrected chi connectivity index (χ4v) is 4.88. The summed E-state index contributed by atoms with van der Waals surface area (Å²) in [5.41, 5.74) is 2.49. The third-order valence-electron chi connectivity index (χ3n) is 5.68. The molecule has 15 heteroatoms. The SMILES string of the molecule is CNC(=O)[C@H]1O[C@@H](n2cnc3c(NCc4cc(I)c5oc(C(C)=O)nc5c4)nc(Cl)nc32)[C@H](O)[C@@H]1O. The number of imidazole rings is 1. The van der Waals surface area contributed by atoms with Gasteiger partial charge in [0.25, 0.3) is 11.8 Å². The summed E-state index contributed by atoms with van der Waals surface area (Å²) in [4.78, 5) is 40.6. The van der Waals surface area contributed by atoms with Crippen molar-refractivity contribution in [3.63, 3.8) is 0 Å². The lowest BCUT2D eigenvalue weighted by molar-refractivity contribution is -0.137. The van der Waals surface area contributed by atoms with Gasteiger partial charge in [-0.1, -0.05) is 0 Å². The second-order valence-electron chi connectivity index (χ2n) is 8.06. The highest BCUT2D eigenvalue weighted by molar-refractivity contribution is 14.1. The number of nitrogens with zero attached hydrogens (tertiary/aromatic N) is 5. The van der Waals surface area contributed by atoms with E-state index in [2.05, 4.69) is 53.2 Å². The monoisotopic (exact) mass is 627 g/mol. The summed E-state index contributed by atoms with van der Waals surface area (Å²) >= 11 is 8.28. The fourth-order valence-electron chi connectivity index (χ4n) is 3.93. The van der Waals surface area contributed by atoms with Crippen LogP contribution in [-0.4, -0.2) is 71.8 Å². The van der Waals surface area contributed by atoms with E-state index in [1.54, 1.807) is 6.07 Å². The van der Waals surface area contributed by atoms with Gasteiger partial charge in [0.2, 0.25) is 11.1 Å². The summed E-state index contributed by atoms with van der Waals surface area (Å²) < 4.78 is 13.3. The molecule has 1 aliphatic heterocycles. The minimum absolute atomic E-state index is 0.0444. The third-order valence-corrected chi connectivity index (χ3v) is 6.65. The van der Waals surface area contributed by atoms with Crippen LogP contribution < -0.4 is 10.6 Å². The average molecular weight is 628 g/mol. The predicted octanol–water partition coefficient (Wildman–Crippen LogP) is 1.41. The second kappa shape index (κ2) is 9.51. The van der Waals surface area contributed by atoms with Crippen LogP contribution in [0.2, 0.25) is 5.28 Å². The molecule has 1 amide bonds. The number of aromatic nitrogens is 5. The molecule has 0 bridgehead atoms. The largest absolute Gasteiger partial charge is 0.433 e. The second-order valence-corrected chi connectivity index (χ2v) is 9.56. The Morgan fingerprint density at radius 2 is 2.00 bits per heavy atom. The number of Topliss-reactive ketones (excluding diaryl/α,β-unsaturated/α-hetero) is 1. The molecule has 36 heavy (non-hydrogen) atoms. The van der Waals surface area contributed by atoms with Crippen LogP contribution in [-0.2, 0) is 16.1 Å². The van der Waals surface area contributed by atoms with E-state index in [-0.39, 0.29) is 22.6 Å². The normalized spacial score (nSPS) is 21.8. The number of benzene rings is 1. The Bertz CT molecular complexity index is 1510. The molecule has 4 atom stereocenters. The van der Waals surface area contributed by atoms with Crippen LogP contribution in [0.3, 0.4) is 0 Å². The predicted molar refractivity (Wildman–Crippen MR) is 134 cm³/mol. The highest BCUT2D eigenvalue weighted by Gasteiger charge is 2.47. The van der Waals surface area contributed by atoms with Gasteiger partial charge in [0.1, 0.15) is 17.7 Å². The Morgan fingerprint density at radius 1 is 1.22 bits per heavy atom. The Hall–Kier alpha value is -2.92. The summed E-state index contributed by atoms with van der Waals surface area (Å²) in [7, 11) is 1.40. The molecule has 4 N–H and O–H groups in total. The Morgan fingerprint density at radius 3 is 2.72 bits per heavy atom. The van der Waals surface area contributed by atoms with Crippen LogP contribution in [0.1, 0.15) is 29.4 Å². The van der Waals surface area contributed by atoms with E-state index in [9.17, 15) is 19.8 Å². The van der Waals surface area contributed by atoms with Crippen molar-refractivity contribution in [3.8, 4) is 0 Å². The van der Waals surface area contributed by atoms with Crippen LogP contribution in [0.4, 0.5) is 5.82 Å². The molecule has 188 valence electrons. The number of hydrogen-bond donors (Lipinski definition) is 4. The third kappa shape index (κ3) is 4.28. The molecule has 0 unspecified atom stereocenters. The number of likely N-dealkylation sites (N-methyl/N-ethyl adjacent to an activating group) is 1. The first-order valence-corrected chi connectivity index (χ1v) is 12.1. The lowest BCUT2D eigenvalue weighted by Crippen LogP contribution is -2.41. The highest BCUT2D eigenvalue weighted by Crippen LogP contribution is 2.33. The van der Waals surface area contributed by atoms with Gasteiger partial charge in [-0.2, -0.15) is 9.97 Å². The zero-order valence-electron chi connectivity index (χ0n) is 18.8. The number of ketones is 1. The number of carbonyl (C=O) groups is 2. The Labute approximate surface area is 221 Å². The number of halogens is 2. The van der Waals surface area contributed by atoms with Gasteiger partial charge in [-0.15, -0.1) is 0 Å². The van der Waals surface area contributed by atoms with Crippen molar-refractivity contribution in [1.82, 2.24) is 29.8 Å². The first-order chi connectivity index (χ1) is 17.2. The zero-order chi connectivity index (χ0) is 25.7. The molecule has 1 aromatic carbocycles. The molecule has 1 fully saturated rings. The lowest BCUT2D eigenvalue weighted by atomic mass is 10.1. The molecule has 0 spiro atoms. The smallest absolute Gasteiger partial charge is 0.263 e. The van der Waals surface area contributed by atoms with Gasteiger partial charge in [-0.25, -0.2) is 9.97 Å². The van der Waals surface area contributed by atoms with Crippen molar-refractivity contribution in [1.29, 1.82) is 0 Å². The molecule has 5 rings (SSSR count). The van der Waals surface area contributed by atoms with E-state index in [0.717, 1.165) is 9.13 Å². The van der Waals surface area contributed by atoms with Crippen LogP contribution in [0.5, 0.6) is 0 Å². The average Bonchev–Trinajstić information content (AvgIpc) is 3.54. The molecule has 1 saturated heterocycles. The molecular weight excluding hydrogens is 609 g/mol. The maximum atomic E-state index is 12.0. The van der Waals surface area contributed by atoms with Gasteiger partial charge in [0, 0.05) is 20.5 Å². The van der Waals surface area contributed by atoms with E-state index < -0.39 is 30.4 Å². The fraction of sp³-hybridized carbons (Fsp3) is 0.333. The summed E-state index contributed by atoms with van der Waals surface area (Å²) in [6.45, 7) is 1.70. The van der Waals surface area contributed by atoms with Crippen molar-refractivity contribution in [2.75, 3.05) is 12.4 Å². The Kier molecular flexibility index (Phi) is 6.54. The number of hydrogen-bond acceptors (Lipinski definition) is 11. The summed E-state index contributed by atoms with van der Waals surface area (Å²) in [5.74, 6) is -0.472. The number of fused-ring (bicyclic) bond motifs is 2. The standard InChI is InChI=1S/C21H19ClIN7O6/c1-7(31)19-27-10-4-8(3-9(23)14(10)35-19)5-25-16-11-17(29-21(22)28-16)30(6-26-11)20-13(33)12(32)15(36-20)18(34)24-2/h3-4,6,12-13,15,20,32-33H,5H2,1-2H3,(H,24,34)(H,25,28,29)/t12-,13+,15-,20+/m0/s1. The molecule has 4 aromatic rings. The first-order valence-electron chi connectivity index (χ1n) is 10.6. The van der Waals surface area contributed by atoms with E-state index in [1.807, 2.05) is 6.07 Å². The van der Waals surface area contributed by atoms with E-state index in [0.29, 0.717) is 29.0 Å². The zero-order valence-corrected chi connectivity index (χ0v) is 21.7. The number of nitrogens with one attached hydrogen (secondary N) is 2. The molecule has 0 saturated carbocycles. The summed E-state index contributed by atoms with van der Waals surface area (Å²) in [6.07, 6.45) is -3.88. The number of aliphatic hydroxyl groups excluding tert-OH is 2. The maximum Gasteiger partial charge on any atom is 0.263 e. The van der Waals surface area contributed by atoms with Crippen molar-refractivity contribution in [3.05, 3.63) is 38.8 Å². The van der Waals surface area contributed by atoms with E-state index in [1.165, 1.54) is 24.9 Å². The number of ether oxygens (including phenoxy) is 1. The number of rotatable bonds is 6. The molecular formula is C21H19ClIN7O6. The molecule has 4 heterocycles. The van der Waals surface area contributed by atoms with Gasteiger partial charge in [-0.05, 0) is 51.9 Å². The quantitative estimate of drug-likeness (QED) is 0.138. The van der Waals surface area contributed by atoms with Crippen LogP contribution in [0, 0.1) is 3.57 Å². The first kappa shape index (κ1) is 24.8. The number of anilines is 1. The minimum Gasteiger partial charge on any atom is -0.433 e. The number of carbonyl (C=O) groups excluding carboxylic acids is 2.